The third-order valence-electron chi connectivity index (χ3n) is 1.82. The molecule has 0 unspecified atom stereocenters. The summed E-state index contributed by atoms with van der Waals surface area (Å²) in [7, 11) is 0. The van der Waals surface area contributed by atoms with Gasteiger partial charge in [0.2, 0.25) is 0 Å². The molecule has 10 heavy (non-hydrogen) atoms. The average Bonchev–Trinajstić information content (AvgIpc) is 2.59. The molecule has 0 saturated carbocycles. The van der Waals surface area contributed by atoms with Gasteiger partial charge in [0, 0.05) is 6.42 Å². The quantitative estimate of drug-likeness (QED) is 0.477. The van der Waals surface area contributed by atoms with E-state index in [-0.39, 0.29) is 0 Å². The molecule has 0 heteroatoms. The fourth-order valence-electron chi connectivity index (χ4n) is 1.27. The largest absolute Gasteiger partial charge is 0.104 e. The van der Waals surface area contributed by atoms with E-state index in [1.54, 1.807) is 0 Å². The third-order valence-corrected chi connectivity index (χ3v) is 1.82. The van der Waals surface area contributed by atoms with Crippen LogP contribution in [0.2, 0.25) is 0 Å². The van der Waals surface area contributed by atoms with E-state index in [4.69, 9.17) is 0 Å². The highest BCUT2D eigenvalue weighted by Crippen LogP contribution is 2.23. The van der Waals surface area contributed by atoms with E-state index in [1.807, 2.05) is 0 Å². The molecule has 0 aromatic rings. The van der Waals surface area contributed by atoms with Crippen molar-refractivity contribution in [1.29, 1.82) is 0 Å². The SMILES string of the molecule is C1=CC(C2=C[CH+]C=C2)C=C1. The summed E-state index contributed by atoms with van der Waals surface area (Å²) in [5, 5.41) is 0. The monoisotopic (exact) mass is 129 g/mol. The third kappa shape index (κ3) is 0.820. The van der Waals surface area contributed by atoms with Gasteiger partial charge in [0.15, 0.2) is 0 Å². The molecule has 0 fully saturated rings. The van der Waals surface area contributed by atoms with Crippen LogP contribution in [0.1, 0.15) is 0 Å². The van der Waals surface area contributed by atoms with Crippen molar-refractivity contribution in [2.45, 2.75) is 0 Å². The summed E-state index contributed by atoms with van der Waals surface area (Å²) in [6.07, 6.45) is 17.1. The van der Waals surface area contributed by atoms with Crippen LogP contribution in [0.25, 0.3) is 0 Å². The van der Waals surface area contributed by atoms with Gasteiger partial charge in [-0.15, -0.1) is 0 Å². The molecule has 0 nitrogen and oxygen atoms in total. The molecule has 2 aliphatic carbocycles. The molecule has 0 aromatic carbocycles. The van der Waals surface area contributed by atoms with E-state index in [9.17, 15) is 0 Å². The molecule has 0 amide bonds. The Bertz CT molecular complexity index is 227. The highest BCUT2D eigenvalue weighted by Gasteiger charge is 2.16. The Kier molecular flexibility index (Phi) is 1.24. The molecule has 0 N–H and O–H groups in total. The van der Waals surface area contributed by atoms with E-state index in [0.717, 1.165) is 0 Å². The summed E-state index contributed by atoms with van der Waals surface area (Å²) in [5.74, 6) is 0.537. The Balaban J connectivity index is 2.19. The standard InChI is InChI=1S/C10H9/c1-2-6-9(5-1)10-7-3-4-8-10/h1-9H/q+1. The van der Waals surface area contributed by atoms with Crippen LogP contribution >= 0.6 is 0 Å². The van der Waals surface area contributed by atoms with E-state index in [2.05, 4.69) is 49.0 Å². The Hall–Kier alpha value is -1.17. The van der Waals surface area contributed by atoms with Crippen molar-refractivity contribution < 1.29 is 0 Å². The number of rotatable bonds is 1. The van der Waals surface area contributed by atoms with Crippen molar-refractivity contribution in [2.24, 2.45) is 5.92 Å². The summed E-state index contributed by atoms with van der Waals surface area (Å²) in [4.78, 5) is 0. The summed E-state index contributed by atoms with van der Waals surface area (Å²) in [6.45, 7) is 0. The van der Waals surface area contributed by atoms with Crippen LogP contribution in [0.4, 0.5) is 0 Å². The lowest BCUT2D eigenvalue weighted by molar-refractivity contribution is 1.03. The number of allylic oxidation sites excluding steroid dienone is 8. The molecule has 0 atom stereocenters. The summed E-state index contributed by atoms with van der Waals surface area (Å²) in [6, 6.07) is 0. The normalized spacial score (nSPS) is 21.8. The molecule has 0 heterocycles. The van der Waals surface area contributed by atoms with Crippen molar-refractivity contribution >= 4 is 0 Å². The Morgan fingerprint density at radius 1 is 1.20 bits per heavy atom. The lowest BCUT2D eigenvalue weighted by atomic mass is 10.0. The predicted molar refractivity (Wildman–Crippen MR) is 43.3 cm³/mol. The molecular weight excluding hydrogens is 120 g/mol. The van der Waals surface area contributed by atoms with E-state index >= 15 is 0 Å². The van der Waals surface area contributed by atoms with Gasteiger partial charge in [-0.25, -0.2) is 0 Å². The van der Waals surface area contributed by atoms with E-state index in [1.165, 1.54) is 5.57 Å². The van der Waals surface area contributed by atoms with Gasteiger partial charge in [0.25, 0.3) is 0 Å². The van der Waals surface area contributed by atoms with Gasteiger partial charge < -0.3 is 0 Å². The highest BCUT2D eigenvalue weighted by molar-refractivity contribution is 5.42. The zero-order valence-electron chi connectivity index (χ0n) is 5.70. The lowest BCUT2D eigenvalue weighted by Gasteiger charge is -1.93. The Morgan fingerprint density at radius 2 is 2.00 bits per heavy atom. The van der Waals surface area contributed by atoms with Gasteiger partial charge in [0.05, 0.1) is 24.1 Å². The van der Waals surface area contributed by atoms with Gasteiger partial charge >= 0.3 is 0 Å². The van der Waals surface area contributed by atoms with Crippen LogP contribution in [0.15, 0.2) is 48.1 Å². The van der Waals surface area contributed by atoms with Crippen molar-refractivity contribution in [1.82, 2.24) is 0 Å². The van der Waals surface area contributed by atoms with Crippen molar-refractivity contribution in [3.8, 4) is 0 Å². The Labute approximate surface area is 61.3 Å². The van der Waals surface area contributed by atoms with Crippen LogP contribution in [0, 0.1) is 12.3 Å². The van der Waals surface area contributed by atoms with Gasteiger partial charge in [-0.1, -0.05) is 24.3 Å². The molecule has 48 valence electrons. The maximum Gasteiger partial charge on any atom is 0.104 e. The fraction of sp³-hybridized carbons (Fsp3) is 0.100. The number of hydrogen-bond acceptors (Lipinski definition) is 0. The van der Waals surface area contributed by atoms with Crippen molar-refractivity contribution in [3.05, 3.63) is 54.5 Å². The second-order valence-corrected chi connectivity index (χ2v) is 2.51. The van der Waals surface area contributed by atoms with Gasteiger partial charge in [-0.2, -0.15) is 0 Å². The van der Waals surface area contributed by atoms with Crippen LogP contribution < -0.4 is 0 Å². The maximum absolute atomic E-state index is 2.20. The first kappa shape index (κ1) is 5.60. The summed E-state index contributed by atoms with van der Waals surface area (Å²) < 4.78 is 0. The Morgan fingerprint density at radius 3 is 2.60 bits per heavy atom. The van der Waals surface area contributed by atoms with Crippen LogP contribution in [0.5, 0.6) is 0 Å². The number of hydrogen-bond donors (Lipinski definition) is 0. The minimum absolute atomic E-state index is 0.537. The minimum Gasteiger partial charge on any atom is -0.0644 e. The zero-order chi connectivity index (χ0) is 6.81. The molecule has 2 aliphatic rings. The smallest absolute Gasteiger partial charge is 0.0644 e. The molecule has 0 spiro atoms. The van der Waals surface area contributed by atoms with Crippen LogP contribution in [0.3, 0.4) is 0 Å². The first-order valence-corrected chi connectivity index (χ1v) is 3.53. The first-order chi connectivity index (χ1) is 4.97. The second kappa shape index (κ2) is 2.22. The minimum atomic E-state index is 0.537. The topological polar surface area (TPSA) is 0 Å². The van der Waals surface area contributed by atoms with Gasteiger partial charge in [0.1, 0.15) is 5.57 Å². The highest BCUT2D eigenvalue weighted by atomic mass is 14.1. The van der Waals surface area contributed by atoms with E-state index < -0.39 is 0 Å². The molecule has 2 rings (SSSR count). The average molecular weight is 129 g/mol. The molecule has 0 radical (unpaired) electrons. The van der Waals surface area contributed by atoms with Crippen molar-refractivity contribution in [2.75, 3.05) is 0 Å². The molecular formula is C10H9+. The zero-order valence-corrected chi connectivity index (χ0v) is 5.70. The predicted octanol–water partition coefficient (Wildman–Crippen LogP) is 2.43. The molecule has 0 saturated heterocycles. The molecule has 0 bridgehead atoms. The molecule has 0 aliphatic heterocycles. The van der Waals surface area contributed by atoms with Gasteiger partial charge in [-0.3, -0.25) is 0 Å². The van der Waals surface area contributed by atoms with Crippen molar-refractivity contribution in [3.63, 3.8) is 0 Å². The summed E-state index contributed by atoms with van der Waals surface area (Å²) >= 11 is 0. The van der Waals surface area contributed by atoms with Crippen LogP contribution in [-0.2, 0) is 0 Å². The molecule has 0 aromatic heterocycles. The first-order valence-electron chi connectivity index (χ1n) is 3.53. The van der Waals surface area contributed by atoms with Crippen LogP contribution in [-0.4, -0.2) is 0 Å². The maximum atomic E-state index is 2.20. The fourth-order valence-corrected chi connectivity index (χ4v) is 1.27. The second-order valence-electron chi connectivity index (χ2n) is 2.51. The van der Waals surface area contributed by atoms with Gasteiger partial charge in [-0.05, 0) is 0 Å². The van der Waals surface area contributed by atoms with E-state index in [0.29, 0.717) is 5.92 Å². The lowest BCUT2D eigenvalue weighted by Crippen LogP contribution is -1.89. The summed E-state index contributed by atoms with van der Waals surface area (Å²) in [5.41, 5.74) is 1.39.